The molecule has 3 rings (SSSR count). The number of fused-ring (bicyclic) bond motifs is 1. The van der Waals surface area contributed by atoms with Crippen molar-refractivity contribution in [3.8, 4) is 0 Å². The first-order valence-electron chi connectivity index (χ1n) is 7.28. The van der Waals surface area contributed by atoms with Crippen LogP contribution in [-0.2, 0) is 0 Å². The van der Waals surface area contributed by atoms with E-state index in [9.17, 15) is 0 Å². The lowest BCUT2D eigenvalue weighted by Gasteiger charge is -2.34. The van der Waals surface area contributed by atoms with Gasteiger partial charge in [-0.15, -0.1) is 0 Å². The molecule has 4 nitrogen and oxygen atoms in total. The topological polar surface area (TPSA) is 62.4 Å². The quantitative estimate of drug-likeness (QED) is 0.842. The molecule has 0 bridgehead atoms. The monoisotopic (exact) mass is 271 g/mol. The number of nitrogen functional groups attached to an aromatic ring is 1. The largest absolute Gasteiger partial charge is 0.399 e. The number of benzene rings is 1. The SMILES string of the molecule is Nc1ccc2c(N3CCCC(CCO)C3)ccnc2c1. The average Bonchev–Trinajstić information content (AvgIpc) is 2.47. The fourth-order valence-electron chi connectivity index (χ4n) is 3.13. The smallest absolute Gasteiger partial charge is 0.0743 e. The van der Waals surface area contributed by atoms with Crippen LogP contribution in [0.15, 0.2) is 30.5 Å². The number of nitrogens with zero attached hydrogens (tertiary/aromatic N) is 2. The third-order valence-corrected chi connectivity index (χ3v) is 4.14. The summed E-state index contributed by atoms with van der Waals surface area (Å²) >= 11 is 0. The standard InChI is InChI=1S/C16H21N3O/c17-13-3-4-14-15(10-13)18-7-5-16(14)19-8-1-2-12(11-19)6-9-20/h3-5,7,10,12,20H,1-2,6,8-9,11,17H2. The van der Waals surface area contributed by atoms with Crippen LogP contribution in [0, 0.1) is 5.92 Å². The molecule has 3 N–H and O–H groups in total. The molecule has 1 fully saturated rings. The second-order valence-electron chi connectivity index (χ2n) is 5.57. The summed E-state index contributed by atoms with van der Waals surface area (Å²) in [5.74, 6) is 0.589. The average molecular weight is 271 g/mol. The fourth-order valence-corrected chi connectivity index (χ4v) is 3.13. The molecule has 0 amide bonds. The van der Waals surface area contributed by atoms with Crippen molar-refractivity contribution in [1.29, 1.82) is 0 Å². The number of anilines is 2. The Morgan fingerprint density at radius 3 is 3.10 bits per heavy atom. The van der Waals surface area contributed by atoms with Crippen molar-refractivity contribution in [3.05, 3.63) is 30.5 Å². The van der Waals surface area contributed by atoms with E-state index in [1.165, 1.54) is 18.5 Å². The van der Waals surface area contributed by atoms with Gasteiger partial charge in [-0.05, 0) is 49.4 Å². The van der Waals surface area contributed by atoms with Gasteiger partial charge in [0, 0.05) is 42.7 Å². The van der Waals surface area contributed by atoms with Gasteiger partial charge in [-0.1, -0.05) is 0 Å². The third kappa shape index (κ3) is 2.56. The number of aliphatic hydroxyl groups excluding tert-OH is 1. The van der Waals surface area contributed by atoms with E-state index in [2.05, 4.69) is 22.0 Å². The first kappa shape index (κ1) is 13.2. The molecule has 4 heteroatoms. The molecule has 1 aromatic carbocycles. The highest BCUT2D eigenvalue weighted by Gasteiger charge is 2.21. The molecule has 1 aliphatic rings. The maximum Gasteiger partial charge on any atom is 0.0743 e. The van der Waals surface area contributed by atoms with Crippen molar-refractivity contribution in [2.75, 3.05) is 30.3 Å². The van der Waals surface area contributed by atoms with E-state index >= 15 is 0 Å². The molecule has 106 valence electrons. The van der Waals surface area contributed by atoms with E-state index in [1.807, 2.05) is 18.3 Å². The molecule has 1 unspecified atom stereocenters. The lowest BCUT2D eigenvalue weighted by Crippen LogP contribution is -2.35. The van der Waals surface area contributed by atoms with Gasteiger partial charge in [-0.2, -0.15) is 0 Å². The van der Waals surface area contributed by atoms with Crippen LogP contribution in [0.25, 0.3) is 10.9 Å². The van der Waals surface area contributed by atoms with Crippen LogP contribution >= 0.6 is 0 Å². The second-order valence-corrected chi connectivity index (χ2v) is 5.57. The van der Waals surface area contributed by atoms with Gasteiger partial charge in [0.1, 0.15) is 0 Å². The van der Waals surface area contributed by atoms with Crippen LogP contribution in [0.2, 0.25) is 0 Å². The molecular formula is C16H21N3O. The predicted octanol–water partition coefficient (Wildman–Crippen LogP) is 2.42. The highest BCUT2D eigenvalue weighted by Crippen LogP contribution is 2.30. The molecule has 2 heterocycles. The lowest BCUT2D eigenvalue weighted by atomic mass is 9.94. The predicted molar refractivity (Wildman–Crippen MR) is 82.8 cm³/mol. The van der Waals surface area contributed by atoms with E-state index < -0.39 is 0 Å². The number of aromatic nitrogens is 1. The Balaban J connectivity index is 1.93. The van der Waals surface area contributed by atoms with Gasteiger partial charge in [0.25, 0.3) is 0 Å². The Bertz CT molecular complexity index is 597. The molecule has 0 radical (unpaired) electrons. The summed E-state index contributed by atoms with van der Waals surface area (Å²) in [6.07, 6.45) is 5.15. The Kier molecular flexibility index (Phi) is 3.74. The number of hydrogen-bond donors (Lipinski definition) is 2. The Morgan fingerprint density at radius 1 is 1.35 bits per heavy atom. The summed E-state index contributed by atoms with van der Waals surface area (Å²) in [5.41, 5.74) is 8.77. The maximum absolute atomic E-state index is 9.14. The maximum atomic E-state index is 9.14. The van der Waals surface area contributed by atoms with Gasteiger partial charge >= 0.3 is 0 Å². The fraction of sp³-hybridized carbons (Fsp3) is 0.438. The summed E-state index contributed by atoms with van der Waals surface area (Å²) in [7, 11) is 0. The Hall–Kier alpha value is -1.81. The minimum absolute atomic E-state index is 0.284. The zero-order valence-electron chi connectivity index (χ0n) is 11.6. The zero-order chi connectivity index (χ0) is 13.9. The molecule has 0 saturated carbocycles. The van der Waals surface area contributed by atoms with Gasteiger partial charge in [0.2, 0.25) is 0 Å². The summed E-state index contributed by atoms with van der Waals surface area (Å²) in [6.45, 7) is 2.38. The van der Waals surface area contributed by atoms with E-state index in [-0.39, 0.29) is 6.61 Å². The van der Waals surface area contributed by atoms with Crippen LogP contribution < -0.4 is 10.6 Å². The number of nitrogens with two attached hydrogens (primary N) is 1. The molecule has 1 aliphatic heterocycles. The van der Waals surface area contributed by atoms with Gasteiger partial charge in [0.15, 0.2) is 0 Å². The van der Waals surface area contributed by atoms with Gasteiger partial charge in [0.05, 0.1) is 5.52 Å². The van der Waals surface area contributed by atoms with E-state index in [0.29, 0.717) is 5.92 Å². The van der Waals surface area contributed by atoms with Crippen LogP contribution in [0.5, 0.6) is 0 Å². The molecule has 1 saturated heterocycles. The molecular weight excluding hydrogens is 250 g/mol. The van der Waals surface area contributed by atoms with Crippen molar-refractivity contribution in [2.45, 2.75) is 19.3 Å². The van der Waals surface area contributed by atoms with E-state index in [1.54, 1.807) is 0 Å². The normalized spacial score (nSPS) is 19.4. The molecule has 0 aliphatic carbocycles. The van der Waals surface area contributed by atoms with Gasteiger partial charge < -0.3 is 15.7 Å². The number of hydrogen-bond acceptors (Lipinski definition) is 4. The number of pyridine rings is 1. The van der Waals surface area contributed by atoms with Crippen molar-refractivity contribution < 1.29 is 5.11 Å². The number of piperidine rings is 1. The summed E-state index contributed by atoms with van der Waals surface area (Å²) < 4.78 is 0. The zero-order valence-corrected chi connectivity index (χ0v) is 11.6. The molecule has 2 aromatic rings. The van der Waals surface area contributed by atoms with E-state index in [4.69, 9.17) is 10.8 Å². The Labute approximate surface area is 119 Å². The first-order valence-corrected chi connectivity index (χ1v) is 7.28. The second kappa shape index (κ2) is 5.67. The van der Waals surface area contributed by atoms with E-state index in [0.717, 1.165) is 36.1 Å². The first-order chi connectivity index (χ1) is 9.78. The minimum Gasteiger partial charge on any atom is -0.399 e. The minimum atomic E-state index is 0.284. The summed E-state index contributed by atoms with van der Waals surface area (Å²) in [5, 5.41) is 10.3. The van der Waals surface area contributed by atoms with Crippen LogP contribution in [0.4, 0.5) is 11.4 Å². The van der Waals surface area contributed by atoms with Gasteiger partial charge in [-0.3, -0.25) is 4.98 Å². The van der Waals surface area contributed by atoms with Gasteiger partial charge in [-0.25, -0.2) is 0 Å². The third-order valence-electron chi connectivity index (χ3n) is 4.14. The summed E-state index contributed by atoms with van der Waals surface area (Å²) in [6, 6.07) is 8.00. The number of aliphatic hydroxyl groups is 1. The molecule has 0 spiro atoms. The van der Waals surface area contributed by atoms with Crippen molar-refractivity contribution >= 4 is 22.3 Å². The van der Waals surface area contributed by atoms with Crippen LogP contribution in [0.1, 0.15) is 19.3 Å². The molecule has 1 aromatic heterocycles. The summed E-state index contributed by atoms with van der Waals surface area (Å²) in [4.78, 5) is 6.83. The number of rotatable bonds is 3. The lowest BCUT2D eigenvalue weighted by molar-refractivity contribution is 0.244. The van der Waals surface area contributed by atoms with Crippen LogP contribution in [-0.4, -0.2) is 29.8 Å². The highest BCUT2D eigenvalue weighted by atomic mass is 16.3. The highest BCUT2D eigenvalue weighted by molar-refractivity contribution is 5.93. The molecule has 20 heavy (non-hydrogen) atoms. The van der Waals surface area contributed by atoms with Crippen molar-refractivity contribution in [1.82, 2.24) is 4.98 Å². The van der Waals surface area contributed by atoms with Crippen molar-refractivity contribution in [3.63, 3.8) is 0 Å². The van der Waals surface area contributed by atoms with Crippen molar-refractivity contribution in [2.24, 2.45) is 5.92 Å². The van der Waals surface area contributed by atoms with Crippen LogP contribution in [0.3, 0.4) is 0 Å². The molecule has 1 atom stereocenters. The Morgan fingerprint density at radius 2 is 2.25 bits per heavy atom.